The van der Waals surface area contributed by atoms with Crippen LogP contribution >= 0.6 is 0 Å². The lowest BCUT2D eigenvalue weighted by molar-refractivity contribution is -0.133. The van der Waals surface area contributed by atoms with E-state index in [0.717, 1.165) is 17.7 Å². The van der Waals surface area contributed by atoms with Crippen LogP contribution in [0.5, 0.6) is 0 Å². The maximum Gasteiger partial charge on any atom is 0.325 e. The average molecular weight is 256 g/mol. The molecule has 0 aromatic carbocycles. The molecule has 1 aliphatic heterocycles. The fourth-order valence-corrected chi connectivity index (χ4v) is 2.70. The predicted molar refractivity (Wildman–Crippen MR) is 63.7 cm³/mol. The predicted octanol–water partition coefficient (Wildman–Crippen LogP) is -0.160. The standard InChI is InChI=1S/C12H20N2O4/c1-8-2-4-12(5-3-8)10(17)14(11(18)13-12)6-9(16)7-15/h8-9,15-16H,2-7H2,1H3,(H,13,18). The Balaban J connectivity index is 2.09. The molecule has 1 unspecified atom stereocenters. The van der Waals surface area contributed by atoms with Crippen LogP contribution in [0.4, 0.5) is 4.79 Å². The van der Waals surface area contributed by atoms with Gasteiger partial charge in [-0.25, -0.2) is 4.79 Å². The number of rotatable bonds is 3. The third-order valence-electron chi connectivity index (χ3n) is 3.98. The number of β-amino-alcohol motifs (C(OH)–C–C–N with tert-alkyl or cyclic N) is 1. The summed E-state index contributed by atoms with van der Waals surface area (Å²) in [7, 11) is 0. The number of amides is 3. The van der Waals surface area contributed by atoms with Gasteiger partial charge in [0, 0.05) is 0 Å². The van der Waals surface area contributed by atoms with Crippen molar-refractivity contribution in [3.05, 3.63) is 0 Å². The third-order valence-corrected chi connectivity index (χ3v) is 3.98. The van der Waals surface area contributed by atoms with Crippen LogP contribution in [-0.4, -0.2) is 51.8 Å². The van der Waals surface area contributed by atoms with Gasteiger partial charge in [-0.3, -0.25) is 9.69 Å². The number of hydrogen-bond donors (Lipinski definition) is 3. The zero-order valence-corrected chi connectivity index (χ0v) is 10.6. The Morgan fingerprint density at radius 1 is 1.44 bits per heavy atom. The van der Waals surface area contributed by atoms with Gasteiger partial charge < -0.3 is 15.5 Å². The molecular weight excluding hydrogens is 236 g/mol. The average Bonchev–Trinajstić information content (AvgIpc) is 2.58. The molecule has 6 nitrogen and oxygen atoms in total. The Hall–Kier alpha value is -1.14. The van der Waals surface area contributed by atoms with Gasteiger partial charge in [-0.05, 0) is 31.6 Å². The Kier molecular flexibility index (Phi) is 3.59. The molecule has 3 N–H and O–H groups in total. The van der Waals surface area contributed by atoms with Crippen LogP contribution in [0.3, 0.4) is 0 Å². The molecule has 1 saturated heterocycles. The smallest absolute Gasteiger partial charge is 0.325 e. The summed E-state index contributed by atoms with van der Waals surface area (Å²) in [5.74, 6) is 0.323. The monoisotopic (exact) mass is 256 g/mol. The maximum absolute atomic E-state index is 12.3. The highest BCUT2D eigenvalue weighted by molar-refractivity contribution is 6.07. The second-order valence-corrected chi connectivity index (χ2v) is 5.45. The number of nitrogens with one attached hydrogen (secondary N) is 1. The minimum absolute atomic E-state index is 0.140. The second kappa shape index (κ2) is 4.85. The molecular formula is C12H20N2O4. The van der Waals surface area contributed by atoms with Gasteiger partial charge in [0.1, 0.15) is 5.54 Å². The zero-order chi connectivity index (χ0) is 13.3. The molecule has 1 saturated carbocycles. The number of nitrogens with zero attached hydrogens (tertiary/aromatic N) is 1. The van der Waals surface area contributed by atoms with Crippen molar-refractivity contribution in [2.45, 2.75) is 44.2 Å². The molecule has 3 amide bonds. The topological polar surface area (TPSA) is 89.9 Å². The minimum atomic E-state index is -1.07. The highest BCUT2D eigenvalue weighted by Gasteiger charge is 2.52. The van der Waals surface area contributed by atoms with E-state index in [2.05, 4.69) is 12.2 Å². The van der Waals surface area contributed by atoms with Crippen LogP contribution < -0.4 is 5.32 Å². The summed E-state index contributed by atoms with van der Waals surface area (Å²) in [6.07, 6.45) is 2.08. The summed E-state index contributed by atoms with van der Waals surface area (Å²) in [5.41, 5.74) is -0.765. The lowest BCUT2D eigenvalue weighted by atomic mass is 9.77. The summed E-state index contributed by atoms with van der Waals surface area (Å²) >= 11 is 0. The summed E-state index contributed by atoms with van der Waals surface area (Å²) in [4.78, 5) is 25.1. The van der Waals surface area contributed by atoms with Crippen molar-refractivity contribution in [1.82, 2.24) is 10.2 Å². The molecule has 0 bridgehead atoms. The number of aliphatic hydroxyl groups is 2. The molecule has 1 aliphatic carbocycles. The van der Waals surface area contributed by atoms with Gasteiger partial charge >= 0.3 is 6.03 Å². The van der Waals surface area contributed by atoms with E-state index < -0.39 is 24.3 Å². The number of hydrogen-bond acceptors (Lipinski definition) is 4. The second-order valence-electron chi connectivity index (χ2n) is 5.45. The van der Waals surface area contributed by atoms with Gasteiger partial charge in [-0.1, -0.05) is 6.92 Å². The molecule has 0 aromatic heterocycles. The van der Waals surface area contributed by atoms with Crippen LogP contribution in [-0.2, 0) is 4.79 Å². The van der Waals surface area contributed by atoms with Crippen LogP contribution in [0.15, 0.2) is 0 Å². The van der Waals surface area contributed by atoms with Crippen LogP contribution in [0.1, 0.15) is 32.6 Å². The molecule has 2 fully saturated rings. The summed E-state index contributed by atoms with van der Waals surface area (Å²) in [6, 6.07) is -0.456. The summed E-state index contributed by atoms with van der Waals surface area (Å²) < 4.78 is 0. The van der Waals surface area contributed by atoms with E-state index in [9.17, 15) is 14.7 Å². The minimum Gasteiger partial charge on any atom is -0.394 e. The summed E-state index contributed by atoms with van der Waals surface area (Å²) in [5, 5.41) is 20.9. The van der Waals surface area contributed by atoms with Gasteiger partial charge in [0.15, 0.2) is 0 Å². The number of carbonyl (C=O) groups is 2. The first-order chi connectivity index (χ1) is 8.48. The molecule has 18 heavy (non-hydrogen) atoms. The van der Waals surface area contributed by atoms with E-state index in [-0.39, 0.29) is 12.5 Å². The third kappa shape index (κ3) is 2.22. The Morgan fingerprint density at radius 3 is 2.61 bits per heavy atom. The number of aliphatic hydroxyl groups excluding tert-OH is 2. The highest BCUT2D eigenvalue weighted by Crippen LogP contribution is 2.36. The van der Waals surface area contributed by atoms with E-state index in [1.165, 1.54) is 0 Å². The molecule has 2 rings (SSSR count). The Morgan fingerprint density at radius 2 is 2.06 bits per heavy atom. The number of carbonyl (C=O) groups excluding carboxylic acids is 2. The van der Waals surface area contributed by atoms with Gasteiger partial charge in [0.05, 0.1) is 19.3 Å². The largest absolute Gasteiger partial charge is 0.394 e. The lowest BCUT2D eigenvalue weighted by Gasteiger charge is -2.33. The normalized spacial score (nSPS) is 33.9. The quantitative estimate of drug-likeness (QED) is 0.612. The van der Waals surface area contributed by atoms with E-state index in [0.29, 0.717) is 18.8 Å². The molecule has 102 valence electrons. The Bertz CT molecular complexity index is 350. The van der Waals surface area contributed by atoms with Gasteiger partial charge in [0.25, 0.3) is 5.91 Å². The first-order valence-corrected chi connectivity index (χ1v) is 6.41. The fraction of sp³-hybridized carbons (Fsp3) is 0.833. The van der Waals surface area contributed by atoms with Gasteiger partial charge in [0.2, 0.25) is 0 Å². The van der Waals surface area contributed by atoms with Crippen molar-refractivity contribution in [3.8, 4) is 0 Å². The lowest BCUT2D eigenvalue weighted by Crippen LogP contribution is -2.49. The first kappa shape index (κ1) is 13.3. The molecule has 0 aromatic rings. The molecule has 1 spiro atoms. The van der Waals surface area contributed by atoms with Crippen molar-refractivity contribution >= 4 is 11.9 Å². The zero-order valence-electron chi connectivity index (χ0n) is 10.6. The summed E-state index contributed by atoms with van der Waals surface area (Å²) in [6.45, 7) is 1.54. The maximum atomic E-state index is 12.3. The first-order valence-electron chi connectivity index (χ1n) is 6.41. The van der Waals surface area contributed by atoms with Crippen molar-refractivity contribution in [2.75, 3.05) is 13.2 Å². The number of imide groups is 1. The SMILES string of the molecule is CC1CCC2(CC1)NC(=O)N(CC(O)CO)C2=O. The van der Waals surface area contributed by atoms with Crippen molar-refractivity contribution < 1.29 is 19.8 Å². The number of urea groups is 1. The molecule has 0 radical (unpaired) electrons. The molecule has 1 atom stereocenters. The Labute approximate surface area is 106 Å². The molecule has 1 heterocycles. The van der Waals surface area contributed by atoms with E-state index >= 15 is 0 Å². The van der Waals surface area contributed by atoms with E-state index in [1.807, 2.05) is 0 Å². The van der Waals surface area contributed by atoms with Crippen molar-refractivity contribution in [3.63, 3.8) is 0 Å². The van der Waals surface area contributed by atoms with Crippen molar-refractivity contribution in [1.29, 1.82) is 0 Å². The van der Waals surface area contributed by atoms with E-state index in [4.69, 9.17) is 5.11 Å². The molecule has 6 heteroatoms. The van der Waals surface area contributed by atoms with E-state index in [1.54, 1.807) is 0 Å². The molecule has 2 aliphatic rings. The van der Waals surface area contributed by atoms with Crippen LogP contribution in [0.2, 0.25) is 0 Å². The van der Waals surface area contributed by atoms with Crippen LogP contribution in [0.25, 0.3) is 0 Å². The van der Waals surface area contributed by atoms with Gasteiger partial charge in [-0.15, -0.1) is 0 Å². The van der Waals surface area contributed by atoms with Crippen molar-refractivity contribution in [2.24, 2.45) is 5.92 Å². The highest BCUT2D eigenvalue weighted by atomic mass is 16.3. The fourth-order valence-electron chi connectivity index (χ4n) is 2.70. The van der Waals surface area contributed by atoms with Gasteiger partial charge in [-0.2, -0.15) is 0 Å². The van der Waals surface area contributed by atoms with Crippen LogP contribution in [0, 0.1) is 5.92 Å².